The van der Waals surface area contributed by atoms with Crippen molar-refractivity contribution in [3.63, 3.8) is 0 Å². The molecule has 182 valence electrons. The lowest BCUT2D eigenvalue weighted by Crippen LogP contribution is -2.40. The van der Waals surface area contributed by atoms with E-state index in [1.54, 1.807) is 0 Å². The lowest BCUT2D eigenvalue weighted by atomic mass is 9.88. The van der Waals surface area contributed by atoms with E-state index in [0.29, 0.717) is 6.42 Å². The number of aromatic nitrogens is 1. The van der Waals surface area contributed by atoms with E-state index in [2.05, 4.69) is 101 Å². The number of amides is 1. The van der Waals surface area contributed by atoms with Gasteiger partial charge in [0.2, 0.25) is 5.91 Å². The Hall–Kier alpha value is -3.76. The second kappa shape index (κ2) is 11.3. The number of hydrogen-bond acceptors (Lipinski definition) is 3. The Morgan fingerprint density at radius 1 is 0.806 bits per heavy atom. The molecule has 0 bridgehead atoms. The van der Waals surface area contributed by atoms with E-state index in [1.165, 1.54) is 22.3 Å². The fraction of sp³-hybridized carbons (Fsp3) is 0.250. The van der Waals surface area contributed by atoms with E-state index < -0.39 is 0 Å². The molecule has 0 radical (unpaired) electrons. The van der Waals surface area contributed by atoms with E-state index in [1.807, 2.05) is 36.5 Å². The van der Waals surface area contributed by atoms with Crippen molar-refractivity contribution < 1.29 is 4.79 Å². The summed E-state index contributed by atoms with van der Waals surface area (Å²) in [7, 11) is 1.98. The van der Waals surface area contributed by atoms with Gasteiger partial charge in [0.25, 0.3) is 0 Å². The maximum absolute atomic E-state index is 13.6. The Bertz CT molecular complexity index is 1150. The van der Waals surface area contributed by atoms with Crippen LogP contribution in [0.1, 0.15) is 47.1 Å². The molecule has 0 saturated carbocycles. The fourth-order valence-electron chi connectivity index (χ4n) is 5.43. The molecular formula is C32H33N3O. The summed E-state index contributed by atoms with van der Waals surface area (Å²) in [5.41, 5.74) is 4.87. The van der Waals surface area contributed by atoms with Crippen molar-refractivity contribution in [1.82, 2.24) is 14.8 Å². The van der Waals surface area contributed by atoms with Crippen molar-refractivity contribution >= 4 is 5.91 Å². The van der Waals surface area contributed by atoms with E-state index in [-0.39, 0.29) is 23.9 Å². The van der Waals surface area contributed by atoms with Crippen molar-refractivity contribution in [2.45, 2.75) is 30.8 Å². The number of rotatable bonds is 8. The second-order valence-electron chi connectivity index (χ2n) is 9.61. The van der Waals surface area contributed by atoms with Gasteiger partial charge >= 0.3 is 0 Å². The van der Waals surface area contributed by atoms with Gasteiger partial charge < -0.3 is 4.90 Å². The van der Waals surface area contributed by atoms with E-state index in [9.17, 15) is 4.79 Å². The summed E-state index contributed by atoms with van der Waals surface area (Å²) in [6, 6.07) is 36.0. The molecule has 2 heterocycles. The van der Waals surface area contributed by atoms with Crippen LogP contribution in [0.15, 0.2) is 116 Å². The van der Waals surface area contributed by atoms with Crippen LogP contribution in [0, 0.1) is 0 Å². The minimum atomic E-state index is 0.0498. The van der Waals surface area contributed by atoms with Crippen LogP contribution in [0.5, 0.6) is 0 Å². The zero-order valence-corrected chi connectivity index (χ0v) is 20.8. The molecule has 1 aliphatic rings. The molecule has 4 heteroatoms. The van der Waals surface area contributed by atoms with Crippen LogP contribution >= 0.6 is 0 Å². The highest BCUT2D eigenvalue weighted by Gasteiger charge is 2.34. The molecular weight excluding hydrogens is 442 g/mol. The van der Waals surface area contributed by atoms with Crippen LogP contribution in [-0.4, -0.2) is 46.9 Å². The third kappa shape index (κ3) is 5.39. The Morgan fingerprint density at radius 2 is 1.31 bits per heavy atom. The molecule has 5 rings (SSSR count). The number of hydrogen-bond donors (Lipinski definition) is 0. The Morgan fingerprint density at radius 3 is 1.86 bits per heavy atom. The normalized spacial score (nSPS) is 16.7. The third-order valence-electron chi connectivity index (χ3n) is 7.42. The number of pyridine rings is 1. The van der Waals surface area contributed by atoms with Crippen LogP contribution in [0.25, 0.3) is 0 Å². The van der Waals surface area contributed by atoms with Crippen molar-refractivity contribution in [3.05, 3.63) is 138 Å². The first-order valence-electron chi connectivity index (χ1n) is 12.7. The van der Waals surface area contributed by atoms with Gasteiger partial charge in [0.05, 0.1) is 6.04 Å². The summed E-state index contributed by atoms with van der Waals surface area (Å²) in [6.07, 6.45) is 5.16. The SMILES string of the molecule is CN(C(=O)CC(c1ccccc1)c1ccccc1)[C@H]1CCN(C(c2ccccc2)c2ccncc2)C1. The number of likely N-dealkylation sites (N-methyl/N-ethyl adjacent to an activating group) is 1. The van der Waals surface area contributed by atoms with Crippen molar-refractivity contribution in [2.24, 2.45) is 0 Å². The maximum Gasteiger partial charge on any atom is 0.223 e. The van der Waals surface area contributed by atoms with Crippen LogP contribution in [0.4, 0.5) is 0 Å². The summed E-state index contributed by atoms with van der Waals surface area (Å²) < 4.78 is 0. The number of carbonyl (C=O) groups excluding carboxylic acids is 1. The average Bonchev–Trinajstić information content (AvgIpc) is 3.43. The predicted octanol–water partition coefficient (Wildman–Crippen LogP) is 5.93. The molecule has 1 fully saturated rings. The summed E-state index contributed by atoms with van der Waals surface area (Å²) >= 11 is 0. The Labute approximate surface area is 214 Å². The Balaban J connectivity index is 1.32. The summed E-state index contributed by atoms with van der Waals surface area (Å²) in [5, 5.41) is 0. The molecule has 4 nitrogen and oxygen atoms in total. The van der Waals surface area contributed by atoms with Crippen LogP contribution in [0.2, 0.25) is 0 Å². The van der Waals surface area contributed by atoms with E-state index in [4.69, 9.17) is 0 Å². The zero-order chi connectivity index (χ0) is 24.7. The predicted molar refractivity (Wildman–Crippen MR) is 145 cm³/mol. The van der Waals surface area contributed by atoms with Crippen LogP contribution < -0.4 is 0 Å². The molecule has 0 N–H and O–H groups in total. The zero-order valence-electron chi connectivity index (χ0n) is 20.8. The fourth-order valence-corrected chi connectivity index (χ4v) is 5.43. The molecule has 3 aromatic carbocycles. The quantitative estimate of drug-likeness (QED) is 0.317. The van der Waals surface area contributed by atoms with Gasteiger partial charge in [-0.15, -0.1) is 0 Å². The van der Waals surface area contributed by atoms with Crippen molar-refractivity contribution in [1.29, 1.82) is 0 Å². The number of nitrogens with zero attached hydrogens (tertiary/aromatic N) is 3. The third-order valence-corrected chi connectivity index (χ3v) is 7.42. The maximum atomic E-state index is 13.6. The molecule has 0 aliphatic carbocycles. The molecule has 36 heavy (non-hydrogen) atoms. The van der Waals surface area contributed by atoms with Crippen molar-refractivity contribution in [2.75, 3.05) is 20.1 Å². The summed E-state index contributed by atoms with van der Waals surface area (Å²) in [4.78, 5) is 22.3. The minimum absolute atomic E-state index is 0.0498. The van der Waals surface area contributed by atoms with Gasteiger partial charge in [-0.25, -0.2) is 0 Å². The first-order valence-corrected chi connectivity index (χ1v) is 12.7. The number of benzene rings is 3. The molecule has 1 saturated heterocycles. The molecule has 2 atom stereocenters. The van der Waals surface area contributed by atoms with Crippen LogP contribution in [0.3, 0.4) is 0 Å². The van der Waals surface area contributed by atoms with Gasteiger partial charge in [0.1, 0.15) is 0 Å². The monoisotopic (exact) mass is 475 g/mol. The average molecular weight is 476 g/mol. The lowest BCUT2D eigenvalue weighted by Gasteiger charge is -2.31. The number of carbonyl (C=O) groups is 1. The standard InChI is InChI=1S/C32H33N3O/c1-34(31(36)23-30(25-11-5-2-6-12-25)26-13-7-3-8-14-26)29-19-22-35(24-29)32(27-15-9-4-10-16-27)28-17-20-33-21-18-28/h2-18,20-21,29-30,32H,19,22-24H2,1H3/t29-,32?/m0/s1. The Kier molecular flexibility index (Phi) is 7.53. The smallest absolute Gasteiger partial charge is 0.223 e. The van der Waals surface area contributed by atoms with Gasteiger partial charge in [0.15, 0.2) is 0 Å². The first kappa shape index (κ1) is 24.0. The van der Waals surface area contributed by atoms with Gasteiger partial charge in [0, 0.05) is 50.9 Å². The molecule has 1 amide bonds. The largest absolute Gasteiger partial charge is 0.341 e. The van der Waals surface area contributed by atoms with Gasteiger partial charge in [-0.1, -0.05) is 91.0 Å². The van der Waals surface area contributed by atoms with E-state index in [0.717, 1.165) is 19.5 Å². The molecule has 1 aliphatic heterocycles. The van der Waals surface area contributed by atoms with E-state index >= 15 is 0 Å². The summed E-state index contributed by atoms with van der Waals surface area (Å²) in [6.45, 7) is 1.80. The van der Waals surface area contributed by atoms with Crippen molar-refractivity contribution in [3.8, 4) is 0 Å². The minimum Gasteiger partial charge on any atom is -0.341 e. The highest BCUT2D eigenvalue weighted by molar-refractivity contribution is 5.78. The topological polar surface area (TPSA) is 36.4 Å². The highest BCUT2D eigenvalue weighted by Crippen LogP contribution is 2.33. The van der Waals surface area contributed by atoms with Gasteiger partial charge in [-0.05, 0) is 40.8 Å². The van der Waals surface area contributed by atoms with Gasteiger partial charge in [-0.2, -0.15) is 0 Å². The summed E-state index contributed by atoms with van der Waals surface area (Å²) in [5.74, 6) is 0.244. The first-order chi connectivity index (χ1) is 17.7. The second-order valence-corrected chi connectivity index (χ2v) is 9.61. The number of likely N-dealkylation sites (tertiary alicyclic amines) is 1. The molecule has 1 aromatic heterocycles. The molecule has 1 unspecified atom stereocenters. The van der Waals surface area contributed by atoms with Gasteiger partial charge in [-0.3, -0.25) is 14.7 Å². The highest BCUT2D eigenvalue weighted by atomic mass is 16.2. The molecule has 0 spiro atoms. The van der Waals surface area contributed by atoms with Crippen LogP contribution in [-0.2, 0) is 4.79 Å². The molecule has 4 aromatic rings. The lowest BCUT2D eigenvalue weighted by molar-refractivity contribution is -0.132.